The van der Waals surface area contributed by atoms with Gasteiger partial charge in [0.2, 0.25) is 0 Å². The minimum absolute atomic E-state index is 0.337. The summed E-state index contributed by atoms with van der Waals surface area (Å²) in [6.45, 7) is 6.72. The van der Waals surface area contributed by atoms with E-state index in [0.29, 0.717) is 13.1 Å². The van der Waals surface area contributed by atoms with Crippen LogP contribution in [0.25, 0.3) is 0 Å². The highest BCUT2D eigenvalue weighted by molar-refractivity contribution is 5.82. The van der Waals surface area contributed by atoms with E-state index in [0.717, 1.165) is 17.1 Å². The van der Waals surface area contributed by atoms with E-state index in [1.807, 2.05) is 39.0 Å². The van der Waals surface area contributed by atoms with Gasteiger partial charge < -0.3 is 19.5 Å². The summed E-state index contributed by atoms with van der Waals surface area (Å²) in [6, 6.07) is 5.67. The number of esters is 1. The third kappa shape index (κ3) is 6.63. The first kappa shape index (κ1) is 18.0. The smallest absolute Gasteiger partial charge is 0.330 e. The monoisotopic (exact) mass is 307 g/mol. The van der Waals surface area contributed by atoms with Crippen molar-refractivity contribution in [1.82, 2.24) is 5.32 Å². The Balaban J connectivity index is 2.43. The maximum Gasteiger partial charge on any atom is 0.330 e. The number of hydrogen-bond acceptors (Lipinski definition) is 5. The molecular weight excluding hydrogens is 282 g/mol. The quantitative estimate of drug-likeness (QED) is 0.477. The Morgan fingerprint density at radius 3 is 2.55 bits per heavy atom. The molecule has 0 radical (unpaired) electrons. The van der Waals surface area contributed by atoms with Crippen LogP contribution < -0.4 is 14.8 Å². The zero-order valence-corrected chi connectivity index (χ0v) is 13.9. The summed E-state index contributed by atoms with van der Waals surface area (Å²) in [5.74, 6) is 1.18. The lowest BCUT2D eigenvalue weighted by molar-refractivity contribution is -0.148. The summed E-state index contributed by atoms with van der Waals surface area (Å²) in [4.78, 5) is 11.5. The standard InChI is InChI=1S/C17H25NO4/c1-17(2,3)22-16(19)7-6-10-18-12-13-8-9-14(20-4)11-15(13)21-5/h6-9,11,18H,10,12H2,1-5H3/b7-6+. The molecule has 0 aliphatic rings. The van der Waals surface area contributed by atoms with Crippen LogP contribution in [-0.4, -0.2) is 32.3 Å². The molecule has 0 amide bonds. The van der Waals surface area contributed by atoms with Gasteiger partial charge in [-0.1, -0.05) is 12.1 Å². The van der Waals surface area contributed by atoms with E-state index < -0.39 is 5.60 Å². The van der Waals surface area contributed by atoms with Crippen LogP contribution in [0.15, 0.2) is 30.4 Å². The van der Waals surface area contributed by atoms with Crippen LogP contribution >= 0.6 is 0 Å². The van der Waals surface area contributed by atoms with Crippen LogP contribution in [0.3, 0.4) is 0 Å². The van der Waals surface area contributed by atoms with Crippen molar-refractivity contribution in [2.45, 2.75) is 32.9 Å². The Labute approximate surface area is 132 Å². The van der Waals surface area contributed by atoms with Gasteiger partial charge in [-0.2, -0.15) is 0 Å². The van der Waals surface area contributed by atoms with Gasteiger partial charge >= 0.3 is 5.97 Å². The predicted molar refractivity (Wildman–Crippen MR) is 86.2 cm³/mol. The predicted octanol–water partition coefficient (Wildman–Crippen LogP) is 2.69. The van der Waals surface area contributed by atoms with Crippen LogP contribution in [0.1, 0.15) is 26.3 Å². The molecule has 122 valence electrons. The second-order valence-corrected chi connectivity index (χ2v) is 5.74. The van der Waals surface area contributed by atoms with E-state index in [1.165, 1.54) is 6.08 Å². The number of carbonyl (C=O) groups is 1. The average Bonchev–Trinajstić information content (AvgIpc) is 2.45. The molecule has 22 heavy (non-hydrogen) atoms. The summed E-state index contributed by atoms with van der Waals surface area (Å²) in [6.07, 6.45) is 3.17. The van der Waals surface area contributed by atoms with Crippen molar-refractivity contribution in [2.75, 3.05) is 20.8 Å². The van der Waals surface area contributed by atoms with Crippen molar-refractivity contribution in [3.8, 4) is 11.5 Å². The molecule has 1 N–H and O–H groups in total. The van der Waals surface area contributed by atoms with E-state index in [9.17, 15) is 4.79 Å². The zero-order chi connectivity index (χ0) is 16.6. The van der Waals surface area contributed by atoms with Gasteiger partial charge in [0.25, 0.3) is 0 Å². The number of rotatable bonds is 7. The zero-order valence-electron chi connectivity index (χ0n) is 13.9. The Morgan fingerprint density at radius 1 is 1.23 bits per heavy atom. The van der Waals surface area contributed by atoms with E-state index in [2.05, 4.69) is 5.32 Å². The van der Waals surface area contributed by atoms with Crippen LogP contribution in [0.5, 0.6) is 11.5 Å². The maximum atomic E-state index is 11.5. The van der Waals surface area contributed by atoms with Crippen molar-refractivity contribution in [3.05, 3.63) is 35.9 Å². The summed E-state index contributed by atoms with van der Waals surface area (Å²) in [5.41, 5.74) is 0.555. The van der Waals surface area contributed by atoms with Crippen molar-refractivity contribution in [2.24, 2.45) is 0 Å². The van der Waals surface area contributed by atoms with Crippen LogP contribution in [-0.2, 0) is 16.1 Å². The SMILES string of the molecule is COc1ccc(CNC/C=C/C(=O)OC(C)(C)C)c(OC)c1. The Morgan fingerprint density at radius 2 is 1.95 bits per heavy atom. The first-order valence-corrected chi connectivity index (χ1v) is 7.17. The largest absolute Gasteiger partial charge is 0.497 e. The number of hydrogen-bond donors (Lipinski definition) is 1. The Bertz CT molecular complexity index is 518. The second kappa shape index (κ2) is 8.44. The highest BCUT2D eigenvalue weighted by Crippen LogP contribution is 2.24. The Hall–Kier alpha value is -2.01. The molecule has 0 aromatic heterocycles. The molecule has 0 heterocycles. The third-order valence-corrected chi connectivity index (χ3v) is 2.73. The summed E-state index contributed by atoms with van der Waals surface area (Å²) in [5, 5.41) is 3.22. The number of ether oxygens (including phenoxy) is 3. The van der Waals surface area contributed by atoms with Crippen LogP contribution in [0.4, 0.5) is 0 Å². The number of nitrogens with one attached hydrogen (secondary N) is 1. The second-order valence-electron chi connectivity index (χ2n) is 5.74. The van der Waals surface area contributed by atoms with Crippen molar-refractivity contribution >= 4 is 5.97 Å². The topological polar surface area (TPSA) is 56.8 Å². The van der Waals surface area contributed by atoms with Gasteiger partial charge in [-0.15, -0.1) is 0 Å². The number of carbonyl (C=O) groups excluding carboxylic acids is 1. The van der Waals surface area contributed by atoms with Crippen LogP contribution in [0.2, 0.25) is 0 Å². The lowest BCUT2D eigenvalue weighted by atomic mass is 10.2. The molecule has 0 saturated heterocycles. The van der Waals surface area contributed by atoms with Gasteiger partial charge in [-0.3, -0.25) is 0 Å². The highest BCUT2D eigenvalue weighted by Gasteiger charge is 2.13. The van der Waals surface area contributed by atoms with Crippen LogP contribution in [0, 0.1) is 0 Å². The molecule has 1 rings (SSSR count). The van der Waals surface area contributed by atoms with E-state index >= 15 is 0 Å². The third-order valence-electron chi connectivity index (χ3n) is 2.73. The van der Waals surface area contributed by atoms with E-state index in [1.54, 1.807) is 20.3 Å². The molecular formula is C17H25NO4. The number of methoxy groups -OCH3 is 2. The molecule has 0 saturated carbocycles. The maximum absolute atomic E-state index is 11.5. The molecule has 0 aliphatic carbocycles. The van der Waals surface area contributed by atoms with Crippen molar-refractivity contribution in [3.63, 3.8) is 0 Å². The lowest BCUT2D eigenvalue weighted by Crippen LogP contribution is -2.22. The fraction of sp³-hybridized carbons (Fsp3) is 0.471. The highest BCUT2D eigenvalue weighted by atomic mass is 16.6. The van der Waals surface area contributed by atoms with Gasteiger partial charge in [0, 0.05) is 30.8 Å². The molecule has 5 nitrogen and oxygen atoms in total. The molecule has 0 unspecified atom stereocenters. The van der Waals surface area contributed by atoms with Gasteiger partial charge in [0.05, 0.1) is 14.2 Å². The fourth-order valence-corrected chi connectivity index (χ4v) is 1.78. The fourth-order valence-electron chi connectivity index (χ4n) is 1.78. The summed E-state index contributed by atoms with van der Waals surface area (Å²) < 4.78 is 15.7. The first-order chi connectivity index (χ1) is 10.4. The summed E-state index contributed by atoms with van der Waals surface area (Å²) >= 11 is 0. The molecule has 0 aliphatic heterocycles. The molecule has 1 aromatic rings. The van der Waals surface area contributed by atoms with Gasteiger partial charge in [-0.25, -0.2) is 4.79 Å². The number of benzene rings is 1. The minimum Gasteiger partial charge on any atom is -0.497 e. The minimum atomic E-state index is -0.467. The van der Waals surface area contributed by atoms with E-state index in [-0.39, 0.29) is 5.97 Å². The van der Waals surface area contributed by atoms with Crippen molar-refractivity contribution in [1.29, 1.82) is 0 Å². The first-order valence-electron chi connectivity index (χ1n) is 7.17. The molecule has 0 bridgehead atoms. The van der Waals surface area contributed by atoms with E-state index in [4.69, 9.17) is 14.2 Å². The average molecular weight is 307 g/mol. The normalized spacial score (nSPS) is 11.5. The van der Waals surface area contributed by atoms with Gasteiger partial charge in [-0.05, 0) is 26.8 Å². The molecule has 0 atom stereocenters. The van der Waals surface area contributed by atoms with Gasteiger partial charge in [0.15, 0.2) is 0 Å². The Kier molecular flexibility index (Phi) is 6.92. The summed E-state index contributed by atoms with van der Waals surface area (Å²) in [7, 11) is 3.24. The molecule has 1 aromatic carbocycles. The molecule has 0 fully saturated rings. The molecule has 5 heteroatoms. The lowest BCUT2D eigenvalue weighted by Gasteiger charge is -2.17. The molecule has 0 spiro atoms. The van der Waals surface area contributed by atoms with Gasteiger partial charge in [0.1, 0.15) is 17.1 Å². The van der Waals surface area contributed by atoms with Crippen molar-refractivity contribution < 1.29 is 19.0 Å².